The lowest BCUT2D eigenvalue weighted by atomic mass is 10.0. The quantitative estimate of drug-likeness (QED) is 0.0164. The SMILES string of the molecule is NCCCC[C@H](NC(=O)[C@H](CCCN=C(N)N)NC(=O)[C@H](CCCCN)NC(=O)[C@H](CCCN=C(N)N)NC(=O)[C@@H](N)Cc1ccccc1)C(=O)N[C@@H](CCCN=C(N)N)C(=O)N[C@@H](CO)C(=O)N[C@@H](CCCN=C(N)N)C(=O)O. The summed E-state index contributed by atoms with van der Waals surface area (Å²) < 4.78 is 0. The van der Waals surface area contributed by atoms with Crippen LogP contribution in [0.4, 0.5) is 0 Å². The third-order valence-corrected chi connectivity index (χ3v) is 11.9. The summed E-state index contributed by atoms with van der Waals surface area (Å²) in [6.45, 7) is -0.339. The summed E-state index contributed by atoms with van der Waals surface area (Å²) in [5.74, 6) is -8.31. The Labute approximate surface area is 465 Å². The lowest BCUT2D eigenvalue weighted by Crippen LogP contribution is -2.60. The van der Waals surface area contributed by atoms with Gasteiger partial charge in [-0.05, 0) is 115 Å². The van der Waals surface area contributed by atoms with Gasteiger partial charge in [-0.3, -0.25) is 53.5 Å². The van der Waals surface area contributed by atoms with E-state index in [2.05, 4.69) is 57.2 Å². The largest absolute Gasteiger partial charge is 0.480 e. The second-order valence-corrected chi connectivity index (χ2v) is 18.6. The number of guanidine groups is 4. The Balaban J connectivity index is 3.59. The van der Waals surface area contributed by atoms with Gasteiger partial charge < -0.3 is 111 Å². The van der Waals surface area contributed by atoms with Gasteiger partial charge in [0, 0.05) is 26.2 Å². The molecule has 31 N–H and O–H groups in total. The van der Waals surface area contributed by atoms with Crippen molar-refractivity contribution in [2.75, 3.05) is 45.9 Å². The summed E-state index contributed by atoms with van der Waals surface area (Å²) >= 11 is 0. The molecule has 1 rings (SSSR count). The topological polar surface area (TPSA) is 597 Å². The van der Waals surface area contributed by atoms with Crippen molar-refractivity contribution in [1.29, 1.82) is 0 Å². The molecule has 0 bridgehead atoms. The van der Waals surface area contributed by atoms with Crippen molar-refractivity contribution in [3.63, 3.8) is 0 Å². The summed E-state index contributed by atoms with van der Waals surface area (Å²) in [6.07, 6.45) is 1.91. The summed E-state index contributed by atoms with van der Waals surface area (Å²) in [5, 5.41) is 37.9. The van der Waals surface area contributed by atoms with Gasteiger partial charge in [-0.15, -0.1) is 0 Å². The molecule has 450 valence electrons. The highest BCUT2D eigenvalue weighted by Gasteiger charge is 2.34. The van der Waals surface area contributed by atoms with Gasteiger partial charge in [0.1, 0.15) is 42.3 Å². The van der Waals surface area contributed by atoms with Gasteiger partial charge in [0.2, 0.25) is 41.4 Å². The van der Waals surface area contributed by atoms with E-state index in [1.54, 1.807) is 24.3 Å². The van der Waals surface area contributed by atoms with Gasteiger partial charge in [0.25, 0.3) is 0 Å². The number of aliphatic carboxylic acids is 1. The van der Waals surface area contributed by atoms with Crippen LogP contribution in [0.15, 0.2) is 50.3 Å². The highest BCUT2D eigenvalue weighted by atomic mass is 16.4. The lowest BCUT2D eigenvalue weighted by molar-refractivity contribution is -0.142. The number of aliphatic hydroxyl groups is 1. The second kappa shape index (κ2) is 40.1. The van der Waals surface area contributed by atoms with E-state index in [1.807, 2.05) is 6.07 Å². The molecule has 8 atom stereocenters. The molecular formula is C48H88N22O10. The number of unbranched alkanes of at least 4 members (excludes halogenated alkanes) is 2. The molecule has 7 amide bonds. The normalized spacial score (nSPS) is 13.8. The predicted octanol–water partition coefficient (Wildman–Crippen LogP) is -7.50. The number of nitrogens with one attached hydrogen (secondary N) is 7. The van der Waals surface area contributed by atoms with Crippen LogP contribution in [0.25, 0.3) is 0 Å². The van der Waals surface area contributed by atoms with E-state index < -0.39 is 102 Å². The predicted molar refractivity (Wildman–Crippen MR) is 302 cm³/mol. The van der Waals surface area contributed by atoms with Crippen LogP contribution in [-0.4, -0.2) is 176 Å². The maximum absolute atomic E-state index is 14.4. The van der Waals surface area contributed by atoms with Gasteiger partial charge in [0.15, 0.2) is 23.8 Å². The summed E-state index contributed by atoms with van der Waals surface area (Å²) in [7, 11) is 0. The number of carboxylic acid groups (broad SMARTS) is 1. The number of aliphatic hydroxyl groups excluding tert-OH is 1. The van der Waals surface area contributed by atoms with Crippen LogP contribution in [0.1, 0.15) is 95.5 Å². The molecule has 0 saturated heterocycles. The number of amides is 7. The first-order valence-electron chi connectivity index (χ1n) is 26.4. The Morgan fingerprint density at radius 3 is 0.975 bits per heavy atom. The Morgan fingerprint density at radius 2 is 0.675 bits per heavy atom. The first-order valence-corrected chi connectivity index (χ1v) is 26.4. The van der Waals surface area contributed by atoms with E-state index in [1.165, 1.54) is 0 Å². The summed E-state index contributed by atoms with van der Waals surface area (Å²) in [6, 6.07) is -1.98. The molecule has 0 aliphatic carbocycles. The van der Waals surface area contributed by atoms with E-state index in [-0.39, 0.29) is 140 Å². The van der Waals surface area contributed by atoms with Crippen LogP contribution in [0.2, 0.25) is 0 Å². The van der Waals surface area contributed by atoms with Crippen LogP contribution in [0, 0.1) is 0 Å². The fourth-order valence-corrected chi connectivity index (χ4v) is 7.67. The number of hydrogen-bond donors (Lipinski definition) is 20. The standard InChI is InChI=1S/C48H88N22O10/c49-20-6-4-14-30(65-40(75)32(16-8-22-60-45(52)53)64-37(72)29(51)26-28-12-2-1-3-13-28)38(73)67-33(17-9-23-61-46(54)55)41(76)66-31(15-5-7-21-50)39(74)68-34(18-10-24-62-47(56)57)42(77)70-36(27-71)43(78)69-35(44(79)80)19-11-25-63-48(58)59/h1-3,12-13,29-36,71H,4-11,14-27,49-51H2,(H,64,72)(H,65,75)(H,66,76)(H,67,73)(H,68,74)(H,69,78)(H,70,77)(H,79,80)(H4,52,53,60)(H4,54,55,61)(H4,56,57,62)(H4,58,59,63)/t29-,30-,31-,32-,33-,34-,35-,36-/m0/s1. The molecule has 1 aromatic carbocycles. The number of rotatable bonds is 42. The molecule has 0 fully saturated rings. The number of aliphatic imine (C=N–C) groups is 4. The molecular weight excluding hydrogens is 1040 g/mol. The zero-order chi connectivity index (χ0) is 60.0. The molecule has 0 unspecified atom stereocenters. The molecule has 80 heavy (non-hydrogen) atoms. The van der Waals surface area contributed by atoms with Crippen molar-refractivity contribution in [2.45, 2.75) is 145 Å². The number of nitrogens with two attached hydrogens (primary N) is 11. The van der Waals surface area contributed by atoms with E-state index in [0.717, 1.165) is 5.56 Å². The molecule has 0 spiro atoms. The van der Waals surface area contributed by atoms with E-state index in [4.69, 9.17) is 63.1 Å². The van der Waals surface area contributed by atoms with Gasteiger partial charge >= 0.3 is 5.97 Å². The van der Waals surface area contributed by atoms with Gasteiger partial charge in [0.05, 0.1) is 12.6 Å². The molecule has 0 heterocycles. The molecule has 0 aliphatic heterocycles. The highest BCUT2D eigenvalue weighted by Crippen LogP contribution is 2.11. The average Bonchev–Trinajstić information content (AvgIpc) is 3.40. The zero-order valence-electron chi connectivity index (χ0n) is 45.4. The molecule has 0 radical (unpaired) electrons. The van der Waals surface area contributed by atoms with Crippen LogP contribution >= 0.6 is 0 Å². The van der Waals surface area contributed by atoms with Gasteiger partial charge in [-0.2, -0.15) is 0 Å². The molecule has 0 aliphatic rings. The molecule has 0 aromatic heterocycles. The number of benzene rings is 1. The summed E-state index contributed by atoms with van der Waals surface area (Å²) in [5.41, 5.74) is 62.3. The Morgan fingerprint density at radius 1 is 0.400 bits per heavy atom. The fourth-order valence-electron chi connectivity index (χ4n) is 7.67. The monoisotopic (exact) mass is 1130 g/mol. The third-order valence-electron chi connectivity index (χ3n) is 11.9. The van der Waals surface area contributed by atoms with E-state index in [0.29, 0.717) is 19.3 Å². The smallest absolute Gasteiger partial charge is 0.326 e. The molecule has 32 heteroatoms. The van der Waals surface area contributed by atoms with Crippen LogP contribution in [0.5, 0.6) is 0 Å². The summed E-state index contributed by atoms with van der Waals surface area (Å²) in [4.78, 5) is 125. The van der Waals surface area contributed by atoms with E-state index >= 15 is 0 Å². The first-order chi connectivity index (χ1) is 38.0. The van der Waals surface area contributed by atoms with Crippen molar-refractivity contribution in [1.82, 2.24) is 37.2 Å². The number of nitrogens with zero attached hydrogens (tertiary/aromatic N) is 4. The number of carbonyl (C=O) groups excluding carboxylic acids is 7. The van der Waals surface area contributed by atoms with Gasteiger partial charge in [-0.25, -0.2) is 4.79 Å². The van der Waals surface area contributed by atoms with Crippen molar-refractivity contribution in [2.24, 2.45) is 83.0 Å². The zero-order valence-corrected chi connectivity index (χ0v) is 45.4. The Bertz CT molecular complexity index is 2200. The lowest BCUT2D eigenvalue weighted by Gasteiger charge is -2.28. The van der Waals surface area contributed by atoms with Crippen molar-refractivity contribution < 1.29 is 48.6 Å². The van der Waals surface area contributed by atoms with Gasteiger partial charge in [-0.1, -0.05) is 30.3 Å². The minimum atomic E-state index is -1.70. The van der Waals surface area contributed by atoms with Crippen molar-refractivity contribution in [3.8, 4) is 0 Å². The number of hydrogen-bond acceptors (Lipinski definition) is 16. The average molecular weight is 1130 g/mol. The molecule has 0 saturated carbocycles. The molecule has 1 aromatic rings. The van der Waals surface area contributed by atoms with Crippen molar-refractivity contribution >= 4 is 71.2 Å². The number of carbonyl (C=O) groups is 8. The maximum atomic E-state index is 14.4. The van der Waals surface area contributed by atoms with E-state index in [9.17, 15) is 48.6 Å². The van der Waals surface area contributed by atoms with Crippen LogP contribution in [0.3, 0.4) is 0 Å². The maximum Gasteiger partial charge on any atom is 0.326 e. The van der Waals surface area contributed by atoms with Crippen LogP contribution in [-0.2, 0) is 44.8 Å². The fraction of sp³-hybridized carbons (Fsp3) is 0.625. The Hall–Kier alpha value is -8.10. The number of carboxylic acids is 1. The van der Waals surface area contributed by atoms with Crippen molar-refractivity contribution in [3.05, 3.63) is 35.9 Å². The minimum absolute atomic E-state index is 0.00472. The minimum Gasteiger partial charge on any atom is -0.480 e. The highest BCUT2D eigenvalue weighted by molar-refractivity contribution is 5.97. The third kappa shape index (κ3) is 30.7. The first kappa shape index (κ1) is 69.9. The Kier molecular flexibility index (Phi) is 35.1. The second-order valence-electron chi connectivity index (χ2n) is 18.6. The van der Waals surface area contributed by atoms with Crippen LogP contribution < -0.4 is 100 Å². The molecule has 32 nitrogen and oxygen atoms in total.